The van der Waals surface area contributed by atoms with Crippen molar-refractivity contribution in [2.24, 2.45) is 0 Å². The Bertz CT molecular complexity index is 633. The Morgan fingerprint density at radius 1 is 1.05 bits per heavy atom. The highest BCUT2D eigenvalue weighted by atomic mass is 35.5. The van der Waals surface area contributed by atoms with Gasteiger partial charge in [-0.05, 0) is 37.1 Å². The summed E-state index contributed by atoms with van der Waals surface area (Å²) in [6.07, 6.45) is -0.756. The van der Waals surface area contributed by atoms with Crippen molar-refractivity contribution in [3.8, 4) is 5.75 Å². The normalized spacial score (nSPS) is 12.3. The highest BCUT2D eigenvalue weighted by molar-refractivity contribution is 6.40. The molecule has 1 atom stereocenters. The van der Waals surface area contributed by atoms with Gasteiger partial charge in [-0.3, -0.25) is 0 Å². The molecule has 1 N–H and O–H groups in total. The zero-order valence-electron chi connectivity index (χ0n) is 11.7. The molecule has 21 heavy (non-hydrogen) atoms. The molecule has 0 saturated carbocycles. The number of benzene rings is 2. The first-order valence-corrected chi connectivity index (χ1v) is 7.54. The van der Waals surface area contributed by atoms with E-state index in [9.17, 15) is 5.11 Å². The standard InChI is InChI=1S/C16H15Cl3O2/c1-9-3-4-12(10(2)5-9)15(20)8-21-16-13(18)6-11(17)7-14(16)19/h3-7,15,20H,8H2,1-2H3. The Balaban J connectivity index is 2.13. The van der Waals surface area contributed by atoms with E-state index in [1.165, 1.54) is 0 Å². The minimum Gasteiger partial charge on any atom is -0.487 e. The van der Waals surface area contributed by atoms with Crippen LogP contribution in [0.5, 0.6) is 5.75 Å². The van der Waals surface area contributed by atoms with Crippen LogP contribution in [0.15, 0.2) is 30.3 Å². The van der Waals surface area contributed by atoms with E-state index in [4.69, 9.17) is 39.5 Å². The topological polar surface area (TPSA) is 29.5 Å². The maximum atomic E-state index is 10.3. The molecule has 1 unspecified atom stereocenters. The van der Waals surface area contributed by atoms with Crippen LogP contribution < -0.4 is 4.74 Å². The fraction of sp³-hybridized carbons (Fsp3) is 0.250. The van der Waals surface area contributed by atoms with Crippen molar-refractivity contribution in [2.75, 3.05) is 6.61 Å². The maximum absolute atomic E-state index is 10.3. The Hall–Kier alpha value is -0.930. The molecule has 0 aliphatic heterocycles. The van der Waals surface area contributed by atoms with Gasteiger partial charge in [-0.25, -0.2) is 0 Å². The molecule has 0 amide bonds. The average molecular weight is 346 g/mol. The number of aryl methyl sites for hydroxylation is 2. The van der Waals surface area contributed by atoms with E-state index in [1.54, 1.807) is 12.1 Å². The minimum absolute atomic E-state index is 0.0605. The second-order valence-electron chi connectivity index (χ2n) is 4.89. The molecule has 2 rings (SSSR count). The van der Waals surface area contributed by atoms with Gasteiger partial charge in [0, 0.05) is 5.02 Å². The lowest BCUT2D eigenvalue weighted by Crippen LogP contribution is -2.11. The summed E-state index contributed by atoms with van der Waals surface area (Å²) in [5.74, 6) is 0.326. The summed E-state index contributed by atoms with van der Waals surface area (Å²) < 4.78 is 5.55. The van der Waals surface area contributed by atoms with Crippen LogP contribution in [0.1, 0.15) is 22.8 Å². The Labute approximate surface area is 139 Å². The first kappa shape index (κ1) is 16.4. The van der Waals surface area contributed by atoms with Crippen molar-refractivity contribution in [1.82, 2.24) is 0 Å². The van der Waals surface area contributed by atoms with Crippen LogP contribution >= 0.6 is 34.8 Å². The molecule has 0 radical (unpaired) electrons. The summed E-state index contributed by atoms with van der Waals surface area (Å²) in [4.78, 5) is 0. The first-order valence-electron chi connectivity index (χ1n) is 6.41. The highest BCUT2D eigenvalue weighted by Gasteiger charge is 2.14. The molecule has 112 valence electrons. The van der Waals surface area contributed by atoms with Gasteiger partial charge in [0.05, 0.1) is 10.0 Å². The molecular formula is C16H15Cl3O2. The predicted molar refractivity (Wildman–Crippen MR) is 87.8 cm³/mol. The van der Waals surface area contributed by atoms with Crippen molar-refractivity contribution < 1.29 is 9.84 Å². The largest absolute Gasteiger partial charge is 0.487 e. The summed E-state index contributed by atoms with van der Waals surface area (Å²) in [6.45, 7) is 4.02. The molecule has 0 aromatic heterocycles. The van der Waals surface area contributed by atoms with Crippen LogP contribution in [0.3, 0.4) is 0 Å². The Morgan fingerprint density at radius 2 is 1.67 bits per heavy atom. The molecular weight excluding hydrogens is 331 g/mol. The SMILES string of the molecule is Cc1ccc(C(O)COc2c(Cl)cc(Cl)cc2Cl)c(C)c1. The van der Waals surface area contributed by atoms with Gasteiger partial charge in [0.2, 0.25) is 0 Å². The van der Waals surface area contributed by atoms with Gasteiger partial charge in [-0.1, -0.05) is 58.6 Å². The number of aliphatic hydroxyl groups is 1. The predicted octanol–water partition coefficient (Wildman–Crippen LogP) is 5.38. The second-order valence-corrected chi connectivity index (χ2v) is 6.14. The second kappa shape index (κ2) is 6.89. The number of ether oxygens (including phenoxy) is 1. The number of aliphatic hydroxyl groups excluding tert-OH is 1. The molecule has 0 bridgehead atoms. The van der Waals surface area contributed by atoms with Crippen LogP contribution in [0, 0.1) is 13.8 Å². The zero-order chi connectivity index (χ0) is 15.6. The molecule has 0 aliphatic carbocycles. The average Bonchev–Trinajstić information content (AvgIpc) is 2.36. The third kappa shape index (κ3) is 4.04. The fourth-order valence-corrected chi connectivity index (χ4v) is 3.04. The van der Waals surface area contributed by atoms with Crippen LogP contribution in [0.2, 0.25) is 15.1 Å². The summed E-state index contributed by atoms with van der Waals surface area (Å²) in [6, 6.07) is 8.96. The third-order valence-electron chi connectivity index (χ3n) is 3.13. The monoisotopic (exact) mass is 344 g/mol. The summed E-state index contributed by atoms with van der Waals surface area (Å²) >= 11 is 17.9. The van der Waals surface area contributed by atoms with E-state index in [-0.39, 0.29) is 6.61 Å². The van der Waals surface area contributed by atoms with E-state index in [2.05, 4.69) is 0 Å². The number of halogens is 3. The lowest BCUT2D eigenvalue weighted by atomic mass is 10.0. The van der Waals surface area contributed by atoms with E-state index in [0.717, 1.165) is 16.7 Å². The summed E-state index contributed by atoms with van der Waals surface area (Å²) in [5.41, 5.74) is 2.98. The van der Waals surface area contributed by atoms with Crippen molar-refractivity contribution in [3.05, 3.63) is 62.1 Å². The number of hydrogen-bond donors (Lipinski definition) is 1. The van der Waals surface area contributed by atoms with E-state index in [1.807, 2.05) is 32.0 Å². The molecule has 0 saturated heterocycles. The van der Waals surface area contributed by atoms with Crippen LogP contribution in [-0.2, 0) is 0 Å². The van der Waals surface area contributed by atoms with Gasteiger partial charge in [0.15, 0.2) is 5.75 Å². The molecule has 2 aromatic rings. The summed E-state index contributed by atoms with van der Waals surface area (Å²) in [5, 5.41) is 11.3. The lowest BCUT2D eigenvalue weighted by Gasteiger charge is -2.16. The van der Waals surface area contributed by atoms with Gasteiger partial charge in [0.25, 0.3) is 0 Å². The number of rotatable bonds is 4. The van der Waals surface area contributed by atoms with E-state index < -0.39 is 6.10 Å². The number of hydrogen-bond acceptors (Lipinski definition) is 2. The van der Waals surface area contributed by atoms with Crippen molar-refractivity contribution in [2.45, 2.75) is 20.0 Å². The van der Waals surface area contributed by atoms with Gasteiger partial charge in [0.1, 0.15) is 12.7 Å². The maximum Gasteiger partial charge on any atom is 0.156 e. The quantitative estimate of drug-likeness (QED) is 0.806. The highest BCUT2D eigenvalue weighted by Crippen LogP contribution is 2.36. The Morgan fingerprint density at radius 3 is 2.24 bits per heavy atom. The summed E-state index contributed by atoms with van der Waals surface area (Å²) in [7, 11) is 0. The van der Waals surface area contributed by atoms with Crippen molar-refractivity contribution >= 4 is 34.8 Å². The molecule has 2 aromatic carbocycles. The van der Waals surface area contributed by atoms with Crippen LogP contribution in [0.25, 0.3) is 0 Å². The van der Waals surface area contributed by atoms with Gasteiger partial charge < -0.3 is 9.84 Å². The molecule has 5 heteroatoms. The fourth-order valence-electron chi connectivity index (χ4n) is 2.12. The van der Waals surface area contributed by atoms with Crippen LogP contribution in [-0.4, -0.2) is 11.7 Å². The van der Waals surface area contributed by atoms with E-state index >= 15 is 0 Å². The third-order valence-corrected chi connectivity index (χ3v) is 3.91. The smallest absolute Gasteiger partial charge is 0.156 e. The lowest BCUT2D eigenvalue weighted by molar-refractivity contribution is 0.108. The first-order chi connectivity index (χ1) is 9.88. The molecule has 0 aliphatic rings. The van der Waals surface area contributed by atoms with E-state index in [0.29, 0.717) is 20.8 Å². The van der Waals surface area contributed by atoms with Gasteiger partial charge in [-0.15, -0.1) is 0 Å². The van der Waals surface area contributed by atoms with Crippen molar-refractivity contribution in [1.29, 1.82) is 0 Å². The molecule has 2 nitrogen and oxygen atoms in total. The van der Waals surface area contributed by atoms with Gasteiger partial charge in [-0.2, -0.15) is 0 Å². The Kier molecular flexibility index (Phi) is 5.39. The molecule has 0 fully saturated rings. The van der Waals surface area contributed by atoms with Crippen molar-refractivity contribution in [3.63, 3.8) is 0 Å². The van der Waals surface area contributed by atoms with Crippen LogP contribution in [0.4, 0.5) is 0 Å². The molecule has 0 spiro atoms. The van der Waals surface area contributed by atoms with Gasteiger partial charge >= 0.3 is 0 Å². The zero-order valence-corrected chi connectivity index (χ0v) is 13.9. The minimum atomic E-state index is -0.756. The molecule has 0 heterocycles.